The fourth-order valence-electron chi connectivity index (χ4n) is 2.97. The standard InChI is InChI=1S/C14H25F3N2/c1-11(3-2-8-14(15,16)17)18-12-6-9-19(10-7-12)13-4-5-13/h11-13,18H,2-10H2,1H3. The van der Waals surface area contributed by atoms with Crippen LogP contribution in [-0.4, -0.2) is 42.3 Å². The molecule has 1 aliphatic carbocycles. The third-order valence-corrected chi connectivity index (χ3v) is 4.21. The quantitative estimate of drug-likeness (QED) is 0.802. The zero-order chi connectivity index (χ0) is 13.9. The molecule has 19 heavy (non-hydrogen) atoms. The summed E-state index contributed by atoms with van der Waals surface area (Å²) < 4.78 is 36.2. The molecule has 0 aromatic carbocycles. The summed E-state index contributed by atoms with van der Waals surface area (Å²) in [6, 6.07) is 1.53. The lowest BCUT2D eigenvalue weighted by molar-refractivity contribution is -0.135. The van der Waals surface area contributed by atoms with Gasteiger partial charge in [0.25, 0.3) is 0 Å². The van der Waals surface area contributed by atoms with E-state index in [1.807, 2.05) is 6.92 Å². The predicted octanol–water partition coefficient (Wildman–Crippen LogP) is 3.32. The zero-order valence-corrected chi connectivity index (χ0v) is 11.7. The van der Waals surface area contributed by atoms with Gasteiger partial charge in [0.05, 0.1) is 0 Å². The summed E-state index contributed by atoms with van der Waals surface area (Å²) >= 11 is 0. The van der Waals surface area contributed by atoms with Crippen molar-refractivity contribution in [2.45, 2.75) is 76.2 Å². The molecule has 2 nitrogen and oxygen atoms in total. The Kier molecular flexibility index (Phi) is 5.12. The number of hydrogen-bond acceptors (Lipinski definition) is 2. The van der Waals surface area contributed by atoms with Crippen molar-refractivity contribution in [3.63, 3.8) is 0 Å². The van der Waals surface area contributed by atoms with Gasteiger partial charge in [-0.05, 0) is 58.5 Å². The van der Waals surface area contributed by atoms with Gasteiger partial charge in [0.2, 0.25) is 0 Å². The van der Waals surface area contributed by atoms with Crippen molar-refractivity contribution in [3.8, 4) is 0 Å². The fraction of sp³-hybridized carbons (Fsp3) is 1.00. The van der Waals surface area contributed by atoms with Crippen LogP contribution >= 0.6 is 0 Å². The summed E-state index contributed by atoms with van der Waals surface area (Å²) in [4.78, 5) is 2.56. The van der Waals surface area contributed by atoms with Crippen molar-refractivity contribution in [2.24, 2.45) is 0 Å². The molecular formula is C14H25F3N2. The summed E-state index contributed by atoms with van der Waals surface area (Å²) in [6.45, 7) is 4.30. The summed E-state index contributed by atoms with van der Waals surface area (Å²) in [5.41, 5.74) is 0. The second kappa shape index (κ2) is 6.44. The van der Waals surface area contributed by atoms with Crippen LogP contribution in [0.4, 0.5) is 13.2 Å². The lowest BCUT2D eigenvalue weighted by Gasteiger charge is -2.34. The SMILES string of the molecule is CC(CCCC(F)(F)F)NC1CCN(C2CC2)CC1. The minimum atomic E-state index is -4.00. The number of alkyl halides is 3. The van der Waals surface area contributed by atoms with Gasteiger partial charge < -0.3 is 10.2 Å². The van der Waals surface area contributed by atoms with E-state index >= 15 is 0 Å². The first-order chi connectivity index (χ1) is 8.94. The van der Waals surface area contributed by atoms with Gasteiger partial charge in [-0.15, -0.1) is 0 Å². The van der Waals surface area contributed by atoms with Gasteiger partial charge in [-0.1, -0.05) is 0 Å². The molecule has 1 N–H and O–H groups in total. The largest absolute Gasteiger partial charge is 0.389 e. The van der Waals surface area contributed by atoms with Gasteiger partial charge in [0.15, 0.2) is 0 Å². The normalized spacial score (nSPS) is 24.6. The highest BCUT2D eigenvalue weighted by Gasteiger charge is 2.32. The molecule has 2 aliphatic rings. The molecule has 1 atom stereocenters. The van der Waals surface area contributed by atoms with E-state index in [1.165, 1.54) is 12.8 Å². The molecule has 2 fully saturated rings. The molecule has 1 aliphatic heterocycles. The van der Waals surface area contributed by atoms with E-state index in [2.05, 4.69) is 10.2 Å². The highest BCUT2D eigenvalue weighted by molar-refractivity contribution is 4.89. The summed E-state index contributed by atoms with van der Waals surface area (Å²) in [7, 11) is 0. The Morgan fingerprint density at radius 1 is 1.16 bits per heavy atom. The molecule has 0 aromatic rings. The van der Waals surface area contributed by atoms with Gasteiger partial charge in [0.1, 0.15) is 0 Å². The smallest absolute Gasteiger partial charge is 0.311 e. The van der Waals surface area contributed by atoms with Crippen molar-refractivity contribution in [1.29, 1.82) is 0 Å². The molecule has 0 amide bonds. The number of piperidine rings is 1. The van der Waals surface area contributed by atoms with E-state index in [0.29, 0.717) is 12.5 Å². The fourth-order valence-corrected chi connectivity index (χ4v) is 2.97. The first kappa shape index (κ1) is 15.1. The van der Waals surface area contributed by atoms with Crippen molar-refractivity contribution >= 4 is 0 Å². The van der Waals surface area contributed by atoms with Gasteiger partial charge in [-0.3, -0.25) is 0 Å². The number of hydrogen-bond donors (Lipinski definition) is 1. The molecule has 1 heterocycles. The van der Waals surface area contributed by atoms with E-state index in [9.17, 15) is 13.2 Å². The third-order valence-electron chi connectivity index (χ3n) is 4.21. The molecule has 0 bridgehead atoms. The second-order valence-corrected chi connectivity index (χ2v) is 6.12. The summed E-state index contributed by atoms with van der Waals surface area (Å²) in [6.07, 6.45) is 1.17. The molecule has 1 saturated heterocycles. The van der Waals surface area contributed by atoms with Crippen molar-refractivity contribution in [1.82, 2.24) is 10.2 Å². The lowest BCUT2D eigenvalue weighted by atomic mass is 10.0. The molecule has 1 saturated carbocycles. The van der Waals surface area contributed by atoms with E-state index in [-0.39, 0.29) is 12.5 Å². The molecule has 5 heteroatoms. The van der Waals surface area contributed by atoms with Crippen molar-refractivity contribution < 1.29 is 13.2 Å². The number of nitrogens with one attached hydrogen (secondary N) is 1. The minimum absolute atomic E-state index is 0.194. The van der Waals surface area contributed by atoms with Gasteiger partial charge in [-0.2, -0.15) is 13.2 Å². The first-order valence-corrected chi connectivity index (χ1v) is 7.51. The average molecular weight is 278 g/mol. The zero-order valence-electron chi connectivity index (χ0n) is 11.7. The monoisotopic (exact) mass is 278 g/mol. The minimum Gasteiger partial charge on any atom is -0.311 e. The van der Waals surface area contributed by atoms with E-state index in [4.69, 9.17) is 0 Å². The van der Waals surface area contributed by atoms with E-state index in [1.54, 1.807) is 0 Å². The number of likely N-dealkylation sites (tertiary alicyclic amines) is 1. The molecule has 0 radical (unpaired) electrons. The van der Waals surface area contributed by atoms with Crippen LogP contribution in [0, 0.1) is 0 Å². The van der Waals surface area contributed by atoms with Crippen LogP contribution in [0.5, 0.6) is 0 Å². The van der Waals surface area contributed by atoms with Crippen LogP contribution in [0.1, 0.15) is 51.9 Å². The van der Waals surface area contributed by atoms with Crippen LogP contribution in [0.15, 0.2) is 0 Å². The topological polar surface area (TPSA) is 15.3 Å². The number of halogens is 3. The first-order valence-electron chi connectivity index (χ1n) is 7.51. The molecule has 112 valence electrons. The van der Waals surface area contributed by atoms with Crippen LogP contribution in [0.2, 0.25) is 0 Å². The Balaban J connectivity index is 1.56. The molecular weight excluding hydrogens is 253 g/mol. The molecule has 1 unspecified atom stereocenters. The highest BCUT2D eigenvalue weighted by Crippen LogP contribution is 2.29. The lowest BCUT2D eigenvalue weighted by Crippen LogP contribution is -2.46. The Labute approximate surface area is 113 Å². The summed E-state index contributed by atoms with van der Waals surface area (Å²) in [5, 5.41) is 3.49. The second-order valence-electron chi connectivity index (χ2n) is 6.12. The maximum Gasteiger partial charge on any atom is 0.389 e. The average Bonchev–Trinajstić information content (AvgIpc) is 3.12. The van der Waals surface area contributed by atoms with Gasteiger partial charge in [-0.25, -0.2) is 0 Å². The van der Waals surface area contributed by atoms with Gasteiger partial charge in [0, 0.05) is 24.5 Å². The highest BCUT2D eigenvalue weighted by atomic mass is 19.4. The van der Waals surface area contributed by atoms with Gasteiger partial charge >= 0.3 is 6.18 Å². The Bertz CT molecular complexity index is 268. The van der Waals surface area contributed by atoms with Crippen LogP contribution in [0.25, 0.3) is 0 Å². The number of nitrogens with zero attached hydrogens (tertiary/aromatic N) is 1. The Hall–Kier alpha value is -0.290. The third kappa shape index (κ3) is 5.69. The Morgan fingerprint density at radius 2 is 1.79 bits per heavy atom. The van der Waals surface area contributed by atoms with E-state index in [0.717, 1.165) is 32.0 Å². The van der Waals surface area contributed by atoms with E-state index < -0.39 is 12.6 Å². The predicted molar refractivity (Wildman–Crippen MR) is 70.1 cm³/mol. The van der Waals surface area contributed by atoms with Crippen LogP contribution < -0.4 is 5.32 Å². The maximum atomic E-state index is 12.1. The van der Waals surface area contributed by atoms with Crippen molar-refractivity contribution in [2.75, 3.05) is 13.1 Å². The summed E-state index contributed by atoms with van der Waals surface area (Å²) in [5.74, 6) is 0. The molecule has 0 aromatic heterocycles. The number of rotatable bonds is 6. The maximum absolute atomic E-state index is 12.1. The van der Waals surface area contributed by atoms with Crippen LogP contribution in [0.3, 0.4) is 0 Å². The van der Waals surface area contributed by atoms with Crippen LogP contribution in [-0.2, 0) is 0 Å². The molecule has 0 spiro atoms. The Morgan fingerprint density at radius 3 is 2.32 bits per heavy atom. The van der Waals surface area contributed by atoms with Crippen molar-refractivity contribution in [3.05, 3.63) is 0 Å². The molecule has 2 rings (SSSR count).